The molecular weight excluding hydrogens is 210 g/mol. The zero-order valence-corrected chi connectivity index (χ0v) is 9.67. The Morgan fingerprint density at radius 1 is 0.941 bits per heavy atom. The SMILES string of the molecule is [NH3+][C@H]1Cc2ccccc2O[C@H]1c1ccccc1. The maximum absolute atomic E-state index is 6.07. The zero-order valence-electron chi connectivity index (χ0n) is 9.67. The first-order valence-corrected chi connectivity index (χ1v) is 5.97. The molecule has 1 aliphatic rings. The topological polar surface area (TPSA) is 36.9 Å². The van der Waals surface area contributed by atoms with Crippen molar-refractivity contribution in [2.75, 3.05) is 0 Å². The highest BCUT2D eigenvalue weighted by atomic mass is 16.5. The van der Waals surface area contributed by atoms with E-state index in [0.717, 1.165) is 12.2 Å². The summed E-state index contributed by atoms with van der Waals surface area (Å²) in [6, 6.07) is 18.8. The van der Waals surface area contributed by atoms with Crippen LogP contribution < -0.4 is 10.5 Å². The molecular formula is C15H16NO+. The highest BCUT2D eigenvalue weighted by Crippen LogP contribution is 2.33. The van der Waals surface area contributed by atoms with Gasteiger partial charge in [-0.3, -0.25) is 0 Å². The van der Waals surface area contributed by atoms with Gasteiger partial charge in [0.1, 0.15) is 11.8 Å². The van der Waals surface area contributed by atoms with Gasteiger partial charge in [-0.15, -0.1) is 0 Å². The lowest BCUT2D eigenvalue weighted by molar-refractivity contribution is -0.438. The predicted molar refractivity (Wildman–Crippen MR) is 66.6 cm³/mol. The lowest BCUT2D eigenvalue weighted by Gasteiger charge is -2.29. The van der Waals surface area contributed by atoms with E-state index < -0.39 is 0 Å². The summed E-state index contributed by atoms with van der Waals surface area (Å²) in [5.41, 5.74) is 6.70. The monoisotopic (exact) mass is 226 g/mol. The van der Waals surface area contributed by atoms with Crippen molar-refractivity contribution in [2.24, 2.45) is 0 Å². The van der Waals surface area contributed by atoms with Crippen LogP contribution in [-0.2, 0) is 6.42 Å². The number of fused-ring (bicyclic) bond motifs is 1. The quantitative estimate of drug-likeness (QED) is 0.793. The van der Waals surface area contributed by atoms with Crippen LogP contribution in [0.3, 0.4) is 0 Å². The van der Waals surface area contributed by atoms with Gasteiger partial charge in [-0.1, -0.05) is 48.5 Å². The second-order valence-electron chi connectivity index (χ2n) is 4.52. The van der Waals surface area contributed by atoms with Crippen molar-refractivity contribution >= 4 is 0 Å². The van der Waals surface area contributed by atoms with E-state index in [4.69, 9.17) is 4.74 Å². The average molecular weight is 226 g/mol. The molecule has 86 valence electrons. The molecule has 2 aromatic rings. The van der Waals surface area contributed by atoms with Crippen LogP contribution in [0, 0.1) is 0 Å². The Hall–Kier alpha value is -1.80. The van der Waals surface area contributed by atoms with Gasteiger partial charge in [-0.25, -0.2) is 0 Å². The van der Waals surface area contributed by atoms with Crippen molar-refractivity contribution in [3.63, 3.8) is 0 Å². The van der Waals surface area contributed by atoms with Gasteiger partial charge in [0.15, 0.2) is 6.10 Å². The molecule has 2 nitrogen and oxygen atoms in total. The minimum absolute atomic E-state index is 0.0751. The molecule has 0 fully saturated rings. The molecule has 0 unspecified atom stereocenters. The van der Waals surface area contributed by atoms with Gasteiger partial charge in [-0.05, 0) is 11.6 Å². The van der Waals surface area contributed by atoms with E-state index in [1.54, 1.807) is 0 Å². The van der Waals surface area contributed by atoms with Crippen LogP contribution in [0.5, 0.6) is 5.75 Å². The molecule has 2 atom stereocenters. The molecule has 0 radical (unpaired) electrons. The largest absolute Gasteiger partial charge is 0.479 e. The van der Waals surface area contributed by atoms with Gasteiger partial charge in [-0.2, -0.15) is 0 Å². The predicted octanol–water partition coefficient (Wildman–Crippen LogP) is 1.97. The van der Waals surface area contributed by atoms with Gasteiger partial charge in [0, 0.05) is 12.0 Å². The molecule has 17 heavy (non-hydrogen) atoms. The van der Waals surface area contributed by atoms with Crippen LogP contribution in [0.25, 0.3) is 0 Å². The lowest BCUT2D eigenvalue weighted by Crippen LogP contribution is -2.66. The van der Waals surface area contributed by atoms with Gasteiger partial charge in [0.25, 0.3) is 0 Å². The smallest absolute Gasteiger partial charge is 0.175 e. The second kappa shape index (κ2) is 4.22. The maximum Gasteiger partial charge on any atom is 0.175 e. The first-order chi connectivity index (χ1) is 8.34. The summed E-state index contributed by atoms with van der Waals surface area (Å²) < 4.78 is 6.07. The standard InChI is InChI=1S/C15H15NO/c16-13-10-12-8-4-5-9-14(12)17-15(13)11-6-2-1-3-7-11/h1-9,13,15H,10,16H2/p+1/t13-,15-/m0/s1. The van der Waals surface area contributed by atoms with E-state index in [0.29, 0.717) is 0 Å². The first kappa shape index (κ1) is 10.4. The third-order valence-electron chi connectivity index (χ3n) is 3.26. The third kappa shape index (κ3) is 1.92. The van der Waals surface area contributed by atoms with Crippen LogP contribution in [-0.4, -0.2) is 6.04 Å². The summed E-state index contributed by atoms with van der Waals surface area (Å²) in [7, 11) is 0. The number of hydrogen-bond acceptors (Lipinski definition) is 1. The molecule has 0 saturated carbocycles. The molecule has 1 heterocycles. The van der Waals surface area contributed by atoms with Crippen molar-refractivity contribution in [1.29, 1.82) is 0 Å². The molecule has 0 amide bonds. The summed E-state index contributed by atoms with van der Waals surface area (Å²) in [5, 5.41) is 0. The maximum atomic E-state index is 6.07. The summed E-state index contributed by atoms with van der Waals surface area (Å²) in [6.45, 7) is 0. The minimum atomic E-state index is 0.0751. The number of para-hydroxylation sites is 1. The summed E-state index contributed by atoms with van der Waals surface area (Å²) in [5.74, 6) is 1.00. The fourth-order valence-electron chi connectivity index (χ4n) is 2.39. The highest BCUT2D eigenvalue weighted by molar-refractivity contribution is 5.37. The van der Waals surface area contributed by atoms with Crippen molar-refractivity contribution in [1.82, 2.24) is 0 Å². The molecule has 0 aliphatic carbocycles. The molecule has 3 N–H and O–H groups in total. The van der Waals surface area contributed by atoms with Gasteiger partial charge >= 0.3 is 0 Å². The van der Waals surface area contributed by atoms with Gasteiger partial charge in [0.2, 0.25) is 0 Å². The van der Waals surface area contributed by atoms with Crippen molar-refractivity contribution < 1.29 is 10.5 Å². The van der Waals surface area contributed by atoms with Crippen molar-refractivity contribution in [3.8, 4) is 5.75 Å². The van der Waals surface area contributed by atoms with E-state index in [9.17, 15) is 0 Å². The van der Waals surface area contributed by atoms with E-state index in [2.05, 4.69) is 30.0 Å². The van der Waals surface area contributed by atoms with Crippen LogP contribution >= 0.6 is 0 Å². The van der Waals surface area contributed by atoms with Crippen molar-refractivity contribution in [3.05, 3.63) is 65.7 Å². The molecule has 0 bridgehead atoms. The van der Waals surface area contributed by atoms with E-state index in [1.165, 1.54) is 11.1 Å². The Kier molecular flexibility index (Phi) is 2.57. The lowest BCUT2D eigenvalue weighted by atomic mass is 9.93. The van der Waals surface area contributed by atoms with Gasteiger partial charge < -0.3 is 10.5 Å². The molecule has 1 aliphatic heterocycles. The average Bonchev–Trinajstić information content (AvgIpc) is 2.39. The Labute approximate surface area is 101 Å². The number of hydrogen-bond donors (Lipinski definition) is 1. The number of ether oxygens (including phenoxy) is 1. The molecule has 0 aromatic heterocycles. The molecule has 3 rings (SSSR count). The van der Waals surface area contributed by atoms with Crippen LogP contribution in [0.2, 0.25) is 0 Å². The van der Waals surface area contributed by atoms with E-state index in [-0.39, 0.29) is 12.1 Å². The Bertz CT molecular complexity index is 509. The number of benzene rings is 2. The molecule has 0 saturated heterocycles. The number of quaternary nitrogens is 1. The van der Waals surface area contributed by atoms with Gasteiger partial charge in [0.05, 0.1) is 0 Å². The molecule has 0 spiro atoms. The highest BCUT2D eigenvalue weighted by Gasteiger charge is 2.30. The zero-order chi connectivity index (χ0) is 11.7. The van der Waals surface area contributed by atoms with Crippen LogP contribution in [0.4, 0.5) is 0 Å². The Morgan fingerprint density at radius 3 is 2.47 bits per heavy atom. The summed E-state index contributed by atoms with van der Waals surface area (Å²) in [6.07, 6.45) is 1.06. The summed E-state index contributed by atoms with van der Waals surface area (Å²) in [4.78, 5) is 0. The Morgan fingerprint density at radius 2 is 1.65 bits per heavy atom. The normalized spacial score (nSPS) is 22.6. The fraction of sp³-hybridized carbons (Fsp3) is 0.200. The van der Waals surface area contributed by atoms with Crippen molar-refractivity contribution in [2.45, 2.75) is 18.6 Å². The second-order valence-corrected chi connectivity index (χ2v) is 4.52. The molecule has 2 aromatic carbocycles. The fourth-order valence-corrected chi connectivity index (χ4v) is 2.39. The number of rotatable bonds is 1. The van der Waals surface area contributed by atoms with E-state index >= 15 is 0 Å². The molecule has 2 heteroatoms. The van der Waals surface area contributed by atoms with E-state index in [1.807, 2.05) is 30.3 Å². The Balaban J connectivity index is 1.95. The first-order valence-electron chi connectivity index (χ1n) is 5.97. The summed E-state index contributed by atoms with van der Waals surface area (Å²) >= 11 is 0. The van der Waals surface area contributed by atoms with Crippen LogP contribution in [0.15, 0.2) is 54.6 Å². The van der Waals surface area contributed by atoms with Crippen LogP contribution in [0.1, 0.15) is 17.2 Å². The third-order valence-corrected chi connectivity index (χ3v) is 3.26. The minimum Gasteiger partial charge on any atom is -0.479 e.